The van der Waals surface area contributed by atoms with Gasteiger partial charge >= 0.3 is 6.09 Å². The van der Waals surface area contributed by atoms with Gasteiger partial charge in [0, 0.05) is 0 Å². The predicted octanol–water partition coefficient (Wildman–Crippen LogP) is 1.50. The first-order valence-electron chi connectivity index (χ1n) is 4.27. The predicted molar refractivity (Wildman–Crippen MR) is 47.2 cm³/mol. The third-order valence-electron chi connectivity index (χ3n) is 1.58. The smallest absolute Gasteiger partial charge is 0.406 e. The molecule has 0 heterocycles. The van der Waals surface area contributed by atoms with Gasteiger partial charge in [-0.1, -0.05) is 19.8 Å². The van der Waals surface area contributed by atoms with E-state index in [-0.39, 0.29) is 0 Å². The first-order valence-corrected chi connectivity index (χ1v) is 4.27. The van der Waals surface area contributed by atoms with Crippen LogP contribution in [0, 0.1) is 0 Å². The number of carbonyl (C=O) groups excluding carboxylic acids is 1. The lowest BCUT2D eigenvalue weighted by atomic mass is 10.2. The van der Waals surface area contributed by atoms with E-state index in [9.17, 15) is 9.59 Å². The molecule has 0 saturated carbocycles. The van der Waals surface area contributed by atoms with Crippen LogP contribution in [0.2, 0.25) is 0 Å². The van der Waals surface area contributed by atoms with E-state index < -0.39 is 12.3 Å². The maximum absolute atomic E-state index is 10.2. The fourth-order valence-corrected chi connectivity index (χ4v) is 0.963. The van der Waals surface area contributed by atoms with E-state index in [0.717, 1.165) is 19.3 Å². The highest BCUT2D eigenvalue weighted by molar-refractivity contribution is 5.64. The van der Waals surface area contributed by atoms with E-state index in [0.29, 0.717) is 6.42 Å². The van der Waals surface area contributed by atoms with Crippen molar-refractivity contribution in [3.8, 4) is 0 Å². The number of carboxylic acid groups (broad SMARTS) is 1. The Bertz CT molecular complexity index is 200. The highest BCUT2D eigenvalue weighted by Gasteiger charge is 2.08. The number of nitrogens with one attached hydrogen (secondary N) is 1. The van der Waals surface area contributed by atoms with Gasteiger partial charge in [-0.2, -0.15) is 4.99 Å². The Balaban J connectivity index is 3.80. The van der Waals surface area contributed by atoms with Gasteiger partial charge < -0.3 is 5.11 Å². The van der Waals surface area contributed by atoms with Crippen molar-refractivity contribution in [2.24, 2.45) is 4.99 Å². The fraction of sp³-hybridized carbons (Fsp3) is 0.750. The number of rotatable bonds is 6. The molecule has 13 heavy (non-hydrogen) atoms. The molecule has 2 N–H and O–H groups in total. The molecule has 0 aliphatic rings. The zero-order valence-corrected chi connectivity index (χ0v) is 7.62. The highest BCUT2D eigenvalue weighted by Crippen LogP contribution is 2.03. The molecular weight excluding hydrogens is 172 g/mol. The standard InChI is InChI=1S/C8H14N2O3/c1-2-3-4-5-7(9-6-11)10-8(12)13/h7,10H,2-5H2,1H3,(H,12,13). The molecule has 0 radical (unpaired) electrons. The highest BCUT2D eigenvalue weighted by atomic mass is 16.4. The summed E-state index contributed by atoms with van der Waals surface area (Å²) in [4.78, 5) is 23.5. The third-order valence-corrected chi connectivity index (χ3v) is 1.58. The number of unbranched alkanes of at least 4 members (excludes halogenated alkanes) is 2. The molecule has 5 nitrogen and oxygen atoms in total. The van der Waals surface area contributed by atoms with Crippen LogP contribution >= 0.6 is 0 Å². The van der Waals surface area contributed by atoms with Gasteiger partial charge in [0.2, 0.25) is 6.08 Å². The summed E-state index contributed by atoms with van der Waals surface area (Å²) in [6, 6.07) is 0. The molecule has 5 heteroatoms. The first kappa shape index (κ1) is 11.6. The van der Waals surface area contributed by atoms with Crippen LogP contribution < -0.4 is 5.32 Å². The minimum absolute atomic E-state index is 0.551. The van der Waals surface area contributed by atoms with Gasteiger partial charge in [-0.25, -0.2) is 9.59 Å². The van der Waals surface area contributed by atoms with Crippen molar-refractivity contribution >= 4 is 12.2 Å². The molecule has 0 aromatic carbocycles. The second-order valence-corrected chi connectivity index (χ2v) is 2.68. The topological polar surface area (TPSA) is 78.8 Å². The van der Waals surface area contributed by atoms with Crippen molar-refractivity contribution in [2.75, 3.05) is 0 Å². The van der Waals surface area contributed by atoms with Crippen molar-refractivity contribution in [1.29, 1.82) is 0 Å². The Labute approximate surface area is 76.9 Å². The molecule has 0 fully saturated rings. The third kappa shape index (κ3) is 7.03. The zero-order chi connectivity index (χ0) is 10.1. The van der Waals surface area contributed by atoms with Gasteiger partial charge in [0.1, 0.15) is 6.17 Å². The van der Waals surface area contributed by atoms with Crippen molar-refractivity contribution in [1.82, 2.24) is 5.32 Å². The van der Waals surface area contributed by atoms with Gasteiger partial charge in [0.15, 0.2) is 0 Å². The number of aliphatic imine (C=N–C) groups is 1. The van der Waals surface area contributed by atoms with Gasteiger partial charge in [-0.3, -0.25) is 5.32 Å². The zero-order valence-electron chi connectivity index (χ0n) is 7.62. The van der Waals surface area contributed by atoms with Crippen LogP contribution in [0.25, 0.3) is 0 Å². The molecule has 0 spiro atoms. The second kappa shape index (κ2) is 7.31. The summed E-state index contributed by atoms with van der Waals surface area (Å²) in [7, 11) is 0. The summed E-state index contributed by atoms with van der Waals surface area (Å²) in [6.45, 7) is 2.04. The lowest BCUT2D eigenvalue weighted by molar-refractivity contribution is 0.189. The number of hydrogen-bond acceptors (Lipinski definition) is 3. The Morgan fingerprint density at radius 1 is 1.62 bits per heavy atom. The molecule has 0 aromatic rings. The van der Waals surface area contributed by atoms with Crippen LogP contribution in [0.4, 0.5) is 4.79 Å². The number of nitrogens with zero attached hydrogens (tertiary/aromatic N) is 1. The molecule has 0 aromatic heterocycles. The van der Waals surface area contributed by atoms with Crippen molar-refractivity contribution in [3.63, 3.8) is 0 Å². The van der Waals surface area contributed by atoms with Gasteiger partial charge in [0.05, 0.1) is 0 Å². The van der Waals surface area contributed by atoms with Gasteiger partial charge in [0.25, 0.3) is 0 Å². The SMILES string of the molecule is CCCCCC(N=C=O)NC(=O)O. The monoisotopic (exact) mass is 186 g/mol. The number of carbonyl (C=O) groups is 1. The van der Waals surface area contributed by atoms with Crippen LogP contribution in [0.3, 0.4) is 0 Å². The summed E-state index contributed by atoms with van der Waals surface area (Å²) < 4.78 is 0. The lowest BCUT2D eigenvalue weighted by Crippen LogP contribution is -2.31. The molecule has 0 aliphatic carbocycles. The normalized spacial score (nSPS) is 11.5. The largest absolute Gasteiger partial charge is 0.465 e. The van der Waals surface area contributed by atoms with E-state index >= 15 is 0 Å². The van der Waals surface area contributed by atoms with Crippen molar-refractivity contribution in [3.05, 3.63) is 0 Å². The Kier molecular flexibility index (Phi) is 6.55. The first-order chi connectivity index (χ1) is 6.20. The number of amides is 1. The van der Waals surface area contributed by atoms with E-state index in [2.05, 4.69) is 10.3 Å². The van der Waals surface area contributed by atoms with Crippen molar-refractivity contribution in [2.45, 2.75) is 38.8 Å². The van der Waals surface area contributed by atoms with Crippen LogP contribution in [-0.4, -0.2) is 23.4 Å². The van der Waals surface area contributed by atoms with E-state index in [1.165, 1.54) is 6.08 Å². The summed E-state index contributed by atoms with van der Waals surface area (Å²) in [5, 5.41) is 10.5. The average molecular weight is 186 g/mol. The number of hydrogen-bond donors (Lipinski definition) is 2. The summed E-state index contributed by atoms with van der Waals surface area (Å²) in [5.74, 6) is 0. The van der Waals surface area contributed by atoms with Gasteiger partial charge in [-0.05, 0) is 12.8 Å². The molecule has 1 atom stereocenters. The Morgan fingerprint density at radius 3 is 2.77 bits per heavy atom. The fourth-order valence-electron chi connectivity index (χ4n) is 0.963. The maximum Gasteiger partial charge on any atom is 0.406 e. The molecule has 0 saturated heterocycles. The summed E-state index contributed by atoms with van der Waals surface area (Å²) in [6.07, 6.45) is 3.00. The molecular formula is C8H14N2O3. The minimum Gasteiger partial charge on any atom is -0.465 e. The molecule has 0 rings (SSSR count). The average Bonchev–Trinajstić information content (AvgIpc) is 2.04. The van der Waals surface area contributed by atoms with Crippen LogP contribution in [0.15, 0.2) is 4.99 Å². The maximum atomic E-state index is 10.2. The van der Waals surface area contributed by atoms with Crippen LogP contribution in [-0.2, 0) is 4.79 Å². The second-order valence-electron chi connectivity index (χ2n) is 2.68. The number of isocyanates is 1. The lowest BCUT2D eigenvalue weighted by Gasteiger charge is -2.08. The van der Waals surface area contributed by atoms with Crippen molar-refractivity contribution < 1.29 is 14.7 Å². The van der Waals surface area contributed by atoms with E-state index in [1.807, 2.05) is 6.92 Å². The molecule has 1 unspecified atom stereocenters. The minimum atomic E-state index is -1.17. The molecule has 0 aliphatic heterocycles. The van der Waals surface area contributed by atoms with Gasteiger partial charge in [-0.15, -0.1) is 0 Å². The molecule has 74 valence electrons. The Morgan fingerprint density at radius 2 is 2.31 bits per heavy atom. The van der Waals surface area contributed by atoms with Crippen LogP contribution in [0.1, 0.15) is 32.6 Å². The quantitative estimate of drug-likeness (QED) is 0.375. The molecule has 1 amide bonds. The summed E-state index contributed by atoms with van der Waals surface area (Å²) >= 11 is 0. The van der Waals surface area contributed by atoms with Crippen LogP contribution in [0.5, 0.6) is 0 Å². The van der Waals surface area contributed by atoms with E-state index in [1.54, 1.807) is 0 Å². The summed E-state index contributed by atoms with van der Waals surface area (Å²) in [5.41, 5.74) is 0. The van der Waals surface area contributed by atoms with E-state index in [4.69, 9.17) is 5.11 Å². The Hall–Kier alpha value is -1.35. The molecule has 0 bridgehead atoms.